The molecule has 0 aromatic heterocycles. The van der Waals surface area contributed by atoms with Crippen molar-refractivity contribution in [2.75, 3.05) is 0 Å². The predicted molar refractivity (Wildman–Crippen MR) is 113 cm³/mol. The fraction of sp³-hybridized carbons (Fsp3) is 0.720. The topological polar surface area (TPSA) is 77.8 Å². The van der Waals surface area contributed by atoms with Crippen LogP contribution in [0.3, 0.4) is 0 Å². The molecule has 0 saturated heterocycles. The van der Waals surface area contributed by atoms with Crippen LogP contribution in [0.25, 0.3) is 0 Å². The van der Waals surface area contributed by atoms with E-state index in [1.165, 1.54) is 16.7 Å². The molecule has 0 heterocycles. The first-order valence-corrected chi connectivity index (χ1v) is 11.4. The standard InChI is InChI=1S/C25H36O4/c1-14(10-23(28)15(2)26)21-6-7-22-20-13-24(29)17-11-16(4-5-18(27)12-17)19(20)8-9-25(21,22)3/h4,10,13,15,17-19,21-23,26-28H,5-9,11-12H2,1-3H3/b14-10+/t15-,17-,18+,19-,21-,22+,23+,25-/m1/s1. The van der Waals surface area contributed by atoms with Gasteiger partial charge in [-0.05, 0) is 82.1 Å². The second kappa shape index (κ2) is 7.79. The summed E-state index contributed by atoms with van der Waals surface area (Å²) in [4.78, 5) is 13.0. The molecule has 4 heteroatoms. The van der Waals surface area contributed by atoms with Gasteiger partial charge in [0, 0.05) is 11.8 Å². The number of aliphatic hydroxyl groups is 3. The summed E-state index contributed by atoms with van der Waals surface area (Å²) in [6, 6.07) is 0. The minimum atomic E-state index is -0.827. The zero-order chi connectivity index (χ0) is 20.9. The lowest BCUT2D eigenvalue weighted by Crippen LogP contribution is -2.37. The molecule has 3 N–H and O–H groups in total. The molecule has 0 unspecified atom stereocenters. The van der Waals surface area contributed by atoms with E-state index in [0.717, 1.165) is 32.1 Å². The van der Waals surface area contributed by atoms with Crippen LogP contribution in [-0.4, -0.2) is 39.4 Å². The van der Waals surface area contributed by atoms with E-state index in [9.17, 15) is 20.1 Å². The highest BCUT2D eigenvalue weighted by Gasteiger charge is 2.53. The average Bonchev–Trinajstić information content (AvgIpc) is 2.80. The second-order valence-corrected chi connectivity index (χ2v) is 10.3. The normalized spacial score (nSPS) is 42.1. The predicted octanol–water partition coefficient (Wildman–Crippen LogP) is 3.71. The van der Waals surface area contributed by atoms with Crippen LogP contribution in [-0.2, 0) is 4.79 Å². The fourth-order valence-corrected chi connectivity index (χ4v) is 6.82. The second-order valence-electron chi connectivity index (χ2n) is 10.3. The summed E-state index contributed by atoms with van der Waals surface area (Å²) in [5, 5.41) is 30.0. The van der Waals surface area contributed by atoms with Gasteiger partial charge in [-0.15, -0.1) is 0 Å². The average molecular weight is 401 g/mol. The maximum atomic E-state index is 13.0. The molecule has 29 heavy (non-hydrogen) atoms. The Morgan fingerprint density at radius 2 is 2.03 bits per heavy atom. The SMILES string of the molecule is C/C(=C\[C@H](O)[C@@H](C)O)[C@H]1CC[C@H]2C3=CC(=O)[C@@H]4CC(=CC[C@H](O)C4)[C@H]3CC[C@]12C. The first-order valence-electron chi connectivity index (χ1n) is 11.4. The van der Waals surface area contributed by atoms with Crippen LogP contribution in [0.1, 0.15) is 65.7 Å². The van der Waals surface area contributed by atoms with Crippen molar-refractivity contribution >= 4 is 5.78 Å². The summed E-state index contributed by atoms with van der Waals surface area (Å²) in [6.45, 7) is 6.07. The van der Waals surface area contributed by atoms with Crippen LogP contribution in [0.5, 0.6) is 0 Å². The quantitative estimate of drug-likeness (QED) is 0.631. The Kier molecular flexibility index (Phi) is 5.65. The molecule has 0 aliphatic heterocycles. The van der Waals surface area contributed by atoms with E-state index in [4.69, 9.17) is 0 Å². The van der Waals surface area contributed by atoms with Crippen LogP contribution in [0.4, 0.5) is 0 Å². The van der Waals surface area contributed by atoms with Crippen LogP contribution in [0.2, 0.25) is 0 Å². The van der Waals surface area contributed by atoms with E-state index in [-0.39, 0.29) is 17.1 Å². The number of hydrogen-bond donors (Lipinski definition) is 3. The van der Waals surface area contributed by atoms with Crippen molar-refractivity contribution < 1.29 is 20.1 Å². The molecule has 2 fully saturated rings. The van der Waals surface area contributed by atoms with Gasteiger partial charge in [0.1, 0.15) is 0 Å². The van der Waals surface area contributed by atoms with Crippen molar-refractivity contribution in [3.63, 3.8) is 0 Å². The van der Waals surface area contributed by atoms with E-state index in [1.54, 1.807) is 6.92 Å². The third-order valence-electron chi connectivity index (χ3n) is 8.44. The van der Waals surface area contributed by atoms with Crippen molar-refractivity contribution in [3.05, 3.63) is 34.9 Å². The third-order valence-corrected chi connectivity index (χ3v) is 8.44. The van der Waals surface area contributed by atoms with E-state index in [2.05, 4.69) is 19.9 Å². The molecule has 4 aliphatic rings. The Morgan fingerprint density at radius 1 is 1.28 bits per heavy atom. The molecule has 2 bridgehead atoms. The molecule has 8 atom stereocenters. The summed E-state index contributed by atoms with van der Waals surface area (Å²) >= 11 is 0. The summed E-state index contributed by atoms with van der Waals surface area (Å²) in [5.41, 5.74) is 3.97. The van der Waals surface area contributed by atoms with Gasteiger partial charge in [0.05, 0.1) is 18.3 Å². The van der Waals surface area contributed by atoms with Gasteiger partial charge in [0.15, 0.2) is 5.78 Å². The van der Waals surface area contributed by atoms with E-state index < -0.39 is 18.3 Å². The number of allylic oxidation sites excluding steroid dienone is 4. The van der Waals surface area contributed by atoms with Crippen molar-refractivity contribution in [1.82, 2.24) is 0 Å². The number of hydrogen-bond acceptors (Lipinski definition) is 4. The van der Waals surface area contributed by atoms with Gasteiger partial charge in [-0.1, -0.05) is 35.8 Å². The van der Waals surface area contributed by atoms with Crippen molar-refractivity contribution in [2.24, 2.45) is 29.1 Å². The molecule has 2 saturated carbocycles. The smallest absolute Gasteiger partial charge is 0.159 e. The van der Waals surface area contributed by atoms with Gasteiger partial charge in [0.25, 0.3) is 0 Å². The highest BCUT2D eigenvalue weighted by atomic mass is 16.3. The minimum absolute atomic E-state index is 0.0665. The monoisotopic (exact) mass is 400 g/mol. The number of carbonyl (C=O) groups is 1. The maximum absolute atomic E-state index is 13.0. The van der Waals surface area contributed by atoms with Crippen molar-refractivity contribution in [2.45, 2.75) is 84.0 Å². The first-order chi connectivity index (χ1) is 13.7. The van der Waals surface area contributed by atoms with Crippen LogP contribution in [0.15, 0.2) is 34.9 Å². The van der Waals surface area contributed by atoms with E-state index >= 15 is 0 Å². The Balaban J connectivity index is 1.66. The maximum Gasteiger partial charge on any atom is 0.159 e. The molecule has 0 aromatic carbocycles. The lowest BCUT2D eigenvalue weighted by atomic mass is 9.58. The Labute approximate surface area is 174 Å². The van der Waals surface area contributed by atoms with Gasteiger partial charge < -0.3 is 15.3 Å². The fourth-order valence-electron chi connectivity index (χ4n) is 6.82. The first kappa shape index (κ1) is 21.0. The summed E-state index contributed by atoms with van der Waals surface area (Å²) in [7, 11) is 0. The van der Waals surface area contributed by atoms with E-state index in [1.807, 2.05) is 12.2 Å². The molecule has 4 aliphatic carbocycles. The zero-order valence-corrected chi connectivity index (χ0v) is 18.0. The third kappa shape index (κ3) is 3.68. The lowest BCUT2D eigenvalue weighted by molar-refractivity contribution is -0.119. The Hall–Kier alpha value is -1.23. The Bertz CT molecular complexity index is 761. The van der Waals surface area contributed by atoms with Crippen molar-refractivity contribution in [1.29, 1.82) is 0 Å². The molecular formula is C25H36O4. The zero-order valence-electron chi connectivity index (χ0n) is 18.0. The molecule has 160 valence electrons. The molecule has 4 rings (SSSR count). The number of aliphatic hydroxyl groups excluding tert-OH is 3. The van der Waals surface area contributed by atoms with Gasteiger partial charge in [-0.3, -0.25) is 4.79 Å². The highest BCUT2D eigenvalue weighted by Crippen LogP contribution is 2.62. The van der Waals surface area contributed by atoms with Gasteiger partial charge in [-0.25, -0.2) is 0 Å². The number of fused-ring (bicyclic) bond motifs is 6. The largest absolute Gasteiger partial charge is 0.393 e. The number of rotatable bonds is 3. The lowest BCUT2D eigenvalue weighted by Gasteiger charge is -2.46. The molecule has 0 radical (unpaired) electrons. The minimum Gasteiger partial charge on any atom is -0.393 e. The molecule has 4 nitrogen and oxygen atoms in total. The molecule has 0 amide bonds. The van der Waals surface area contributed by atoms with Gasteiger partial charge in [-0.2, -0.15) is 0 Å². The summed E-state index contributed by atoms with van der Waals surface area (Å²) in [5.74, 6) is 1.27. The molecule has 0 aromatic rings. The highest BCUT2D eigenvalue weighted by molar-refractivity contribution is 5.93. The van der Waals surface area contributed by atoms with E-state index in [0.29, 0.717) is 30.6 Å². The van der Waals surface area contributed by atoms with Crippen LogP contribution >= 0.6 is 0 Å². The summed E-state index contributed by atoms with van der Waals surface area (Å²) < 4.78 is 0. The van der Waals surface area contributed by atoms with Crippen molar-refractivity contribution in [3.8, 4) is 0 Å². The number of carbonyl (C=O) groups excluding carboxylic acids is 1. The van der Waals surface area contributed by atoms with Crippen LogP contribution in [0, 0.1) is 29.1 Å². The molecular weight excluding hydrogens is 364 g/mol. The van der Waals surface area contributed by atoms with Gasteiger partial charge >= 0.3 is 0 Å². The number of ketones is 1. The van der Waals surface area contributed by atoms with Gasteiger partial charge in [0.2, 0.25) is 0 Å². The molecule has 0 spiro atoms. The summed E-state index contributed by atoms with van der Waals surface area (Å²) in [6.07, 6.45) is 10.4. The van der Waals surface area contributed by atoms with Crippen LogP contribution < -0.4 is 0 Å². The Morgan fingerprint density at radius 3 is 2.76 bits per heavy atom.